The predicted octanol–water partition coefficient (Wildman–Crippen LogP) is 18.9. The summed E-state index contributed by atoms with van der Waals surface area (Å²) in [7, 11) is 0. The average molecular weight is 952 g/mol. The van der Waals surface area contributed by atoms with E-state index in [0.717, 1.165) is 60.1 Å². The molecule has 0 amide bonds. The third-order valence-electron chi connectivity index (χ3n) is 24.3. The van der Waals surface area contributed by atoms with Crippen LogP contribution in [-0.4, -0.2) is 23.0 Å². The Hall–Kier alpha value is -6.92. The van der Waals surface area contributed by atoms with Crippen molar-refractivity contribution in [1.82, 2.24) is 0 Å². The Morgan fingerprint density at radius 1 is 0.268 bits per heavy atom. The number of alkyl halides is 6. The topological polar surface area (TPSA) is 9.23 Å². The minimum atomic E-state index is -4.60. The van der Waals surface area contributed by atoms with Crippen molar-refractivity contribution in [3.05, 3.63) is 33.4 Å². The molecule has 0 aromatic heterocycles. The fourth-order valence-electron chi connectivity index (χ4n) is 24.2. The molecule has 1 nitrogen and oxygen atoms in total. The van der Waals surface area contributed by atoms with Crippen LogP contribution in [0.15, 0.2) is 0 Å². The van der Waals surface area contributed by atoms with Gasteiger partial charge < -0.3 is 4.74 Å². The van der Waals surface area contributed by atoms with Crippen LogP contribution in [0.5, 0.6) is 0 Å². The molecule has 32 rings (SSSR count). The van der Waals surface area contributed by atoms with Crippen LogP contribution in [0.2, 0.25) is 0 Å². The molecule has 0 bridgehead atoms. The molecular formula is C64H4Cl3F3O. The lowest BCUT2D eigenvalue weighted by Crippen LogP contribution is -2.53. The van der Waals surface area contributed by atoms with Crippen molar-refractivity contribution >= 4 is 315 Å². The quantitative estimate of drug-likeness (QED) is 0.126. The summed E-state index contributed by atoms with van der Waals surface area (Å²) in [5, 5.41) is 70.1. The number of hydrogen-bond acceptors (Lipinski definition) is 1. The maximum Gasteiger partial charge on any atom is 0.411 e. The lowest BCUT2D eigenvalue weighted by molar-refractivity contribution is -0.193. The fourth-order valence-corrected chi connectivity index (χ4v) is 25.0. The molecule has 27 aromatic carbocycles. The van der Waals surface area contributed by atoms with Crippen LogP contribution >= 0.6 is 34.8 Å². The van der Waals surface area contributed by atoms with Gasteiger partial charge in [-0.3, -0.25) is 0 Å². The van der Waals surface area contributed by atoms with E-state index in [1.807, 2.05) is 0 Å². The zero-order valence-electron chi connectivity index (χ0n) is 35.1. The first-order chi connectivity index (χ1) is 34.7. The maximum absolute atomic E-state index is 15.8. The number of hydrogen-bond donors (Lipinski definition) is 0. The Morgan fingerprint density at radius 2 is 0.451 bits per heavy atom. The molecule has 27 aromatic rings. The van der Waals surface area contributed by atoms with Crippen LogP contribution in [0.4, 0.5) is 13.2 Å². The van der Waals surface area contributed by atoms with Gasteiger partial charge in [-0.1, -0.05) is 23.2 Å². The summed E-state index contributed by atoms with van der Waals surface area (Å²) in [4.78, 5) is 0. The van der Waals surface area contributed by atoms with Crippen LogP contribution in [0, 0.1) is 0 Å². The van der Waals surface area contributed by atoms with Crippen LogP contribution in [-0.2, 0) is 15.8 Å². The first-order valence-electron chi connectivity index (χ1n) is 25.2. The Morgan fingerprint density at radius 3 is 0.732 bits per heavy atom. The molecule has 0 fully saturated rings. The van der Waals surface area contributed by atoms with Gasteiger partial charge >= 0.3 is 6.18 Å². The zero-order chi connectivity index (χ0) is 43.6. The number of ether oxygens (including phenoxy) is 1. The fraction of sp³-hybridized carbons (Fsp3) is 0.0938. The Bertz CT molecular complexity index is 7290. The minimum Gasteiger partial charge on any atom is -0.351 e. The van der Waals surface area contributed by atoms with E-state index in [-0.39, 0.29) is 5.88 Å². The molecule has 0 aliphatic heterocycles. The van der Waals surface area contributed by atoms with Gasteiger partial charge in [0.2, 0.25) is 0 Å². The van der Waals surface area contributed by atoms with Crippen molar-refractivity contribution in [2.24, 2.45) is 0 Å². The molecule has 0 saturated carbocycles. The van der Waals surface area contributed by atoms with Crippen LogP contribution < -0.4 is 0 Å². The van der Waals surface area contributed by atoms with E-state index in [0.29, 0.717) is 0 Å². The van der Waals surface area contributed by atoms with Crippen LogP contribution in [0.25, 0.3) is 280 Å². The van der Waals surface area contributed by atoms with E-state index in [4.69, 9.17) is 39.5 Å². The lowest BCUT2D eigenvalue weighted by atomic mass is 9.56. The highest BCUT2D eigenvalue weighted by Crippen LogP contribution is 2.85. The van der Waals surface area contributed by atoms with E-state index in [2.05, 4.69) is 0 Å². The number of halogens is 6. The second-order valence-electron chi connectivity index (χ2n) is 24.9. The molecule has 0 N–H and O–H groups in total. The van der Waals surface area contributed by atoms with E-state index >= 15 is 13.2 Å². The maximum atomic E-state index is 15.8. The first kappa shape index (κ1) is 28.8. The van der Waals surface area contributed by atoms with Crippen molar-refractivity contribution in [2.45, 2.75) is 21.5 Å². The highest BCUT2D eigenvalue weighted by molar-refractivity contribution is 6.81. The average Bonchev–Trinajstić information content (AvgIpc) is 3.64. The van der Waals surface area contributed by atoms with Crippen molar-refractivity contribution in [3.8, 4) is 0 Å². The molecule has 7 heteroatoms. The molecule has 0 saturated heterocycles. The van der Waals surface area contributed by atoms with Gasteiger partial charge in [0, 0.05) is 16.7 Å². The highest BCUT2D eigenvalue weighted by Gasteiger charge is 2.72. The lowest BCUT2D eigenvalue weighted by Gasteiger charge is -2.52. The monoisotopic (exact) mass is 950 g/mol. The molecule has 2 atom stereocenters. The Labute approximate surface area is 397 Å². The van der Waals surface area contributed by atoms with Crippen LogP contribution in [0.1, 0.15) is 33.4 Å². The van der Waals surface area contributed by atoms with Crippen molar-refractivity contribution < 1.29 is 17.9 Å². The SMILES string of the molecule is FC(F)(F)COC12c3c4c5c6c7c8c9c%10c(c1c1c%11c2c2c%12c3c5c3c5c%12c%12c2c2c%11c%11c%13c1c%10c1c%10c9c9c7c7c6c3c3c5c5c%12c6c2c%11c2c(c%131)c1c%10c9c9c7c3c3c9c1c2c6c53)C48C(Cl)(Cl)CCl. The van der Waals surface area contributed by atoms with Gasteiger partial charge in [0.15, 0.2) is 0 Å². The number of rotatable bonds is 4. The first-order valence-corrected chi connectivity index (χ1v) is 26.5. The summed E-state index contributed by atoms with van der Waals surface area (Å²) < 4.78 is 53.0. The van der Waals surface area contributed by atoms with Crippen molar-refractivity contribution in [3.63, 3.8) is 0 Å². The van der Waals surface area contributed by atoms with Gasteiger partial charge in [-0.15, -0.1) is 11.6 Å². The predicted molar refractivity (Wildman–Crippen MR) is 289 cm³/mol. The molecule has 0 radical (unpaired) electrons. The summed E-state index contributed by atoms with van der Waals surface area (Å²) in [6.07, 6.45) is -4.60. The van der Waals surface area contributed by atoms with Gasteiger partial charge in [0.05, 0.1) is 11.3 Å². The third kappa shape index (κ3) is 1.60. The Kier molecular flexibility index (Phi) is 2.62. The molecule has 5 aliphatic rings. The summed E-state index contributed by atoms with van der Waals surface area (Å²) in [5.74, 6) is -0.0714. The molecule has 2 unspecified atom stereocenters. The molecule has 71 heavy (non-hydrogen) atoms. The van der Waals surface area contributed by atoms with Crippen molar-refractivity contribution in [2.75, 3.05) is 12.5 Å². The summed E-state index contributed by atoms with van der Waals surface area (Å²) in [6, 6.07) is 0. The molecule has 5 aliphatic carbocycles. The number of benzene rings is 17. The third-order valence-corrected chi connectivity index (χ3v) is 25.9. The zero-order valence-corrected chi connectivity index (χ0v) is 37.4. The van der Waals surface area contributed by atoms with Crippen LogP contribution in [0.3, 0.4) is 0 Å². The molecule has 308 valence electrons. The van der Waals surface area contributed by atoms with Crippen molar-refractivity contribution in [1.29, 1.82) is 0 Å². The molecule has 0 heterocycles. The largest absolute Gasteiger partial charge is 0.411 e. The van der Waals surface area contributed by atoms with Gasteiger partial charge in [-0.05, 0) is 297 Å². The Balaban J connectivity index is 1.21. The minimum absolute atomic E-state index is 0.0714. The normalized spacial score (nSPS) is 22.2. The van der Waals surface area contributed by atoms with E-state index in [1.165, 1.54) is 253 Å². The molecular weight excluding hydrogens is 948 g/mol. The van der Waals surface area contributed by atoms with E-state index < -0.39 is 28.1 Å². The van der Waals surface area contributed by atoms with Gasteiger partial charge in [-0.25, -0.2) is 0 Å². The summed E-state index contributed by atoms with van der Waals surface area (Å²) in [5.41, 5.74) is 3.06. The molecule has 0 spiro atoms. The highest BCUT2D eigenvalue weighted by atomic mass is 35.5. The summed E-state index contributed by atoms with van der Waals surface area (Å²) >= 11 is 24.4. The second-order valence-corrected chi connectivity index (χ2v) is 26.7. The van der Waals surface area contributed by atoms with Gasteiger partial charge in [0.1, 0.15) is 16.5 Å². The van der Waals surface area contributed by atoms with Gasteiger partial charge in [-0.2, -0.15) is 13.2 Å². The standard InChI is InChI=1S/C64H4Cl3F3O/c65-1-61(66,67)63-55-47-38-31-18-11-5-6-8-4-3-7(5)16(18)22-20-9(3)13-10(4)21-23-17(8)19-12(6)15-14(11)25-33-26(15)35-32(19)39-37(23)41-28(21)30-24(13)29-27(20)40(36(22)38)51(55)53-42(29)43(30)54-52(41)56-48(39)45(35)50-46(33)49(44(47)34(25)31)57(63)59(50)64(56,60(54)58(53)63)71-2-62(68,69)70/h1-2H2. The summed E-state index contributed by atoms with van der Waals surface area (Å²) in [6.45, 7) is -1.38. The smallest absolute Gasteiger partial charge is 0.351 e. The van der Waals surface area contributed by atoms with E-state index in [1.54, 1.807) is 0 Å². The van der Waals surface area contributed by atoms with Gasteiger partial charge in [0.25, 0.3) is 0 Å². The second kappa shape index (κ2) is 6.45. The van der Waals surface area contributed by atoms with E-state index in [9.17, 15) is 0 Å².